The standard InChI is InChI=1S/C21H20FN7/c1-3-14-17(12-8-10-13(22)11-9-12)21-27-28(2)18(19(23)29(21)26-14)20-24-15-6-4-5-7-16(15)25-20/h4-11,27H,3,23H2,1-2H3,(H,24,25). The van der Waals surface area contributed by atoms with Gasteiger partial charge in [0.1, 0.15) is 11.5 Å². The van der Waals surface area contributed by atoms with E-state index in [-0.39, 0.29) is 5.82 Å². The predicted molar refractivity (Wildman–Crippen MR) is 112 cm³/mol. The third-order valence-electron chi connectivity index (χ3n) is 5.12. The maximum atomic E-state index is 13.4. The predicted octanol–water partition coefficient (Wildman–Crippen LogP) is 3.64. The molecule has 2 aromatic carbocycles. The van der Waals surface area contributed by atoms with E-state index in [0.717, 1.165) is 33.7 Å². The van der Waals surface area contributed by atoms with Crippen molar-refractivity contribution in [3.63, 3.8) is 0 Å². The molecule has 0 bridgehead atoms. The number of imidazole rings is 1. The molecular formula is C21H20FN7. The average molecular weight is 389 g/mol. The summed E-state index contributed by atoms with van der Waals surface area (Å²) in [7, 11) is 1.88. The summed E-state index contributed by atoms with van der Waals surface area (Å²) < 4.78 is 15.1. The summed E-state index contributed by atoms with van der Waals surface area (Å²) in [6.07, 6.45) is 0.714. The molecule has 3 heterocycles. The molecule has 1 aliphatic heterocycles. The molecule has 0 spiro atoms. The van der Waals surface area contributed by atoms with Gasteiger partial charge in [-0.2, -0.15) is 9.78 Å². The fourth-order valence-electron chi connectivity index (χ4n) is 3.74. The van der Waals surface area contributed by atoms with Gasteiger partial charge >= 0.3 is 0 Å². The van der Waals surface area contributed by atoms with Crippen molar-refractivity contribution in [2.75, 3.05) is 12.5 Å². The van der Waals surface area contributed by atoms with Crippen LogP contribution in [0.5, 0.6) is 0 Å². The van der Waals surface area contributed by atoms with Crippen molar-refractivity contribution in [2.45, 2.75) is 13.3 Å². The van der Waals surface area contributed by atoms with Crippen LogP contribution in [-0.4, -0.2) is 31.8 Å². The van der Waals surface area contributed by atoms with E-state index in [9.17, 15) is 4.39 Å². The van der Waals surface area contributed by atoms with E-state index in [1.54, 1.807) is 16.8 Å². The number of hydrazine groups is 1. The van der Waals surface area contributed by atoms with Gasteiger partial charge in [-0.05, 0) is 36.2 Å². The first-order chi connectivity index (χ1) is 14.1. The molecule has 5 rings (SSSR count). The number of hydrogen-bond donors (Lipinski definition) is 3. The number of nitrogens with one attached hydrogen (secondary N) is 2. The summed E-state index contributed by atoms with van der Waals surface area (Å²) in [6.45, 7) is 2.03. The van der Waals surface area contributed by atoms with Crippen LogP contribution in [0.4, 0.5) is 10.2 Å². The smallest absolute Gasteiger partial charge is 0.160 e. The highest BCUT2D eigenvalue weighted by Gasteiger charge is 2.29. The normalized spacial score (nSPS) is 13.7. The molecule has 0 amide bonds. The Labute approximate surface area is 166 Å². The third kappa shape index (κ3) is 2.64. The molecular weight excluding hydrogens is 369 g/mol. The zero-order valence-electron chi connectivity index (χ0n) is 16.1. The number of aryl methyl sites for hydroxylation is 1. The lowest BCUT2D eigenvalue weighted by Crippen LogP contribution is -2.34. The number of aromatic nitrogens is 4. The minimum absolute atomic E-state index is 0.274. The zero-order chi connectivity index (χ0) is 20.1. The van der Waals surface area contributed by atoms with E-state index in [2.05, 4.69) is 15.4 Å². The Morgan fingerprint density at radius 2 is 1.86 bits per heavy atom. The van der Waals surface area contributed by atoms with Crippen LogP contribution >= 0.6 is 0 Å². The van der Waals surface area contributed by atoms with Gasteiger partial charge in [0.25, 0.3) is 0 Å². The molecule has 0 saturated carbocycles. The van der Waals surface area contributed by atoms with E-state index in [1.165, 1.54) is 12.1 Å². The van der Waals surface area contributed by atoms with E-state index in [4.69, 9.17) is 10.8 Å². The van der Waals surface area contributed by atoms with Gasteiger partial charge < -0.3 is 10.7 Å². The Morgan fingerprint density at radius 1 is 1.10 bits per heavy atom. The molecule has 0 atom stereocenters. The average Bonchev–Trinajstić information content (AvgIpc) is 3.30. The van der Waals surface area contributed by atoms with Gasteiger partial charge in [0.2, 0.25) is 0 Å². The lowest BCUT2D eigenvalue weighted by molar-refractivity contribution is 0.548. The Balaban J connectivity index is 1.70. The fraction of sp³-hybridized carbons (Fsp3) is 0.143. The summed E-state index contributed by atoms with van der Waals surface area (Å²) in [5, 5.41) is 6.55. The van der Waals surface area contributed by atoms with Crippen molar-refractivity contribution in [3.8, 4) is 11.1 Å². The highest BCUT2D eigenvalue weighted by molar-refractivity contribution is 5.90. The molecule has 146 valence electrons. The number of nitrogens with two attached hydrogens (primary N) is 1. The van der Waals surface area contributed by atoms with Crippen LogP contribution in [0, 0.1) is 5.82 Å². The van der Waals surface area contributed by atoms with E-state index >= 15 is 0 Å². The van der Waals surface area contributed by atoms with Gasteiger partial charge in [-0.25, -0.2) is 9.37 Å². The van der Waals surface area contributed by atoms with Gasteiger partial charge in [0.05, 0.1) is 16.7 Å². The highest BCUT2D eigenvalue weighted by Crippen LogP contribution is 2.38. The molecule has 8 heteroatoms. The van der Waals surface area contributed by atoms with Crippen LogP contribution in [0.3, 0.4) is 0 Å². The second-order valence-electron chi connectivity index (χ2n) is 6.95. The lowest BCUT2D eigenvalue weighted by atomic mass is 10.0. The van der Waals surface area contributed by atoms with E-state index in [1.807, 2.05) is 43.2 Å². The first-order valence-electron chi connectivity index (χ1n) is 9.40. The number of rotatable bonds is 3. The van der Waals surface area contributed by atoms with Crippen LogP contribution in [0.15, 0.2) is 48.5 Å². The van der Waals surface area contributed by atoms with Crippen LogP contribution in [0.2, 0.25) is 0 Å². The number of fused-ring (bicyclic) bond motifs is 2. The summed E-state index contributed by atoms with van der Waals surface area (Å²) >= 11 is 0. The topological polar surface area (TPSA) is 87.8 Å². The number of anilines is 1. The fourth-order valence-corrected chi connectivity index (χ4v) is 3.74. The summed E-state index contributed by atoms with van der Waals surface area (Å²) in [5.74, 6) is 1.59. The van der Waals surface area contributed by atoms with Crippen molar-refractivity contribution in [1.82, 2.24) is 24.8 Å². The largest absolute Gasteiger partial charge is 0.382 e. The maximum absolute atomic E-state index is 13.4. The number of halogens is 1. The van der Waals surface area contributed by atoms with Crippen LogP contribution in [0.25, 0.3) is 33.7 Å². The van der Waals surface area contributed by atoms with Crippen LogP contribution < -0.4 is 11.2 Å². The second kappa shape index (κ2) is 6.37. The van der Waals surface area contributed by atoms with E-state index < -0.39 is 0 Å². The molecule has 0 saturated heterocycles. The molecule has 2 aromatic heterocycles. The zero-order valence-corrected chi connectivity index (χ0v) is 16.1. The number of H-pyrrole nitrogens is 1. The lowest BCUT2D eigenvalue weighted by Gasteiger charge is -2.30. The number of hydrogen-bond acceptors (Lipinski definition) is 5. The molecule has 0 radical (unpaired) electrons. The molecule has 1 aliphatic rings. The van der Waals surface area contributed by atoms with E-state index in [0.29, 0.717) is 23.8 Å². The molecule has 29 heavy (non-hydrogen) atoms. The molecule has 0 aliphatic carbocycles. The molecule has 0 unspecified atom stereocenters. The van der Waals surface area contributed by atoms with Crippen molar-refractivity contribution < 1.29 is 4.39 Å². The molecule has 7 nitrogen and oxygen atoms in total. The monoisotopic (exact) mass is 389 g/mol. The minimum atomic E-state index is -0.274. The van der Waals surface area contributed by atoms with Gasteiger partial charge in [-0.3, -0.25) is 10.4 Å². The molecule has 0 fully saturated rings. The quantitative estimate of drug-likeness (QED) is 0.498. The number of benzene rings is 2. The van der Waals surface area contributed by atoms with Gasteiger partial charge in [0, 0.05) is 12.6 Å². The Kier molecular flexibility index (Phi) is 3.80. The minimum Gasteiger partial charge on any atom is -0.382 e. The summed E-state index contributed by atoms with van der Waals surface area (Å²) in [5.41, 5.74) is 15.1. The first kappa shape index (κ1) is 17.3. The number of para-hydroxylation sites is 2. The highest BCUT2D eigenvalue weighted by atomic mass is 19.1. The van der Waals surface area contributed by atoms with Crippen molar-refractivity contribution in [3.05, 3.63) is 65.9 Å². The van der Waals surface area contributed by atoms with Crippen LogP contribution in [0.1, 0.15) is 18.4 Å². The van der Waals surface area contributed by atoms with Crippen molar-refractivity contribution in [2.24, 2.45) is 5.73 Å². The third-order valence-corrected chi connectivity index (χ3v) is 5.12. The van der Waals surface area contributed by atoms with Gasteiger partial charge in [-0.15, -0.1) is 0 Å². The second-order valence-corrected chi connectivity index (χ2v) is 6.95. The van der Waals surface area contributed by atoms with Gasteiger partial charge in [0.15, 0.2) is 17.5 Å². The summed E-state index contributed by atoms with van der Waals surface area (Å²) in [6, 6.07) is 14.2. The number of aromatic amines is 1. The van der Waals surface area contributed by atoms with Crippen molar-refractivity contribution in [1.29, 1.82) is 0 Å². The van der Waals surface area contributed by atoms with Gasteiger partial charge in [-0.1, -0.05) is 31.2 Å². The van der Waals surface area contributed by atoms with Crippen LogP contribution in [-0.2, 0) is 6.42 Å². The first-order valence-corrected chi connectivity index (χ1v) is 9.40. The Hall–Kier alpha value is -3.81. The maximum Gasteiger partial charge on any atom is 0.160 e. The summed E-state index contributed by atoms with van der Waals surface area (Å²) in [4.78, 5) is 7.99. The Bertz CT molecular complexity index is 1220. The Morgan fingerprint density at radius 3 is 2.59 bits per heavy atom. The number of nitrogens with zero attached hydrogens (tertiary/aromatic N) is 4. The molecule has 4 N–H and O–H groups in total. The van der Waals surface area contributed by atoms with Crippen molar-refractivity contribution >= 4 is 28.4 Å². The SMILES string of the molecule is CCc1nn2c(c1-c1ccc(F)cc1)NN(C)C(c1nc3ccccc3[nH]1)=C2N. The molecule has 4 aromatic rings.